The maximum Gasteiger partial charge on any atom is 0.220 e. The molecule has 1 fully saturated rings. The molecule has 2 atom stereocenters. The van der Waals surface area contributed by atoms with Crippen molar-refractivity contribution in [2.75, 3.05) is 6.26 Å². The first-order valence-corrected chi connectivity index (χ1v) is 8.28. The van der Waals surface area contributed by atoms with Crippen molar-refractivity contribution >= 4 is 17.7 Å². The van der Waals surface area contributed by atoms with E-state index in [0.717, 1.165) is 25.7 Å². The highest BCUT2D eigenvalue weighted by atomic mass is 32.2. The number of rotatable bonds is 1. The minimum Gasteiger partial charge on any atom is -0.353 e. The van der Waals surface area contributed by atoms with Gasteiger partial charge in [0.2, 0.25) is 5.91 Å². The molecular formula is C16H21NOS. The molecule has 1 amide bonds. The maximum atomic E-state index is 11.6. The highest BCUT2D eigenvalue weighted by Crippen LogP contribution is 2.40. The largest absolute Gasteiger partial charge is 0.353 e. The lowest BCUT2D eigenvalue weighted by Gasteiger charge is -2.41. The summed E-state index contributed by atoms with van der Waals surface area (Å²) in [6.45, 7) is 2.34. The standard InChI is InChI=1S/C16H21NOS/c1-16-8-7-15(18)17-14(16)6-4-11-9-13(19-2)5-3-12(11)10-16/h3,5,9,14H,4,6-8,10H2,1-2H3,(H,17,18)/t14?,16-/m1/s1. The van der Waals surface area contributed by atoms with Crippen LogP contribution in [0.5, 0.6) is 0 Å². The van der Waals surface area contributed by atoms with E-state index in [0.29, 0.717) is 12.5 Å². The van der Waals surface area contributed by atoms with Gasteiger partial charge in [-0.25, -0.2) is 0 Å². The van der Waals surface area contributed by atoms with Crippen LogP contribution in [0.25, 0.3) is 0 Å². The minimum absolute atomic E-state index is 0.234. The Morgan fingerprint density at radius 3 is 2.95 bits per heavy atom. The molecule has 1 aromatic carbocycles. The molecule has 1 aliphatic carbocycles. The molecule has 1 aliphatic heterocycles. The Hall–Kier alpha value is -0.960. The molecule has 1 saturated heterocycles. The molecule has 2 aliphatic rings. The first-order chi connectivity index (χ1) is 9.10. The number of carbonyl (C=O) groups excluding carboxylic acids is 1. The number of benzene rings is 1. The number of hydrogen-bond acceptors (Lipinski definition) is 2. The highest BCUT2D eigenvalue weighted by Gasteiger charge is 2.40. The van der Waals surface area contributed by atoms with E-state index in [1.165, 1.54) is 16.0 Å². The van der Waals surface area contributed by atoms with Gasteiger partial charge in [-0.05, 0) is 60.6 Å². The number of hydrogen-bond donors (Lipinski definition) is 1. The molecule has 1 aromatic rings. The lowest BCUT2D eigenvalue weighted by atomic mass is 9.71. The van der Waals surface area contributed by atoms with Gasteiger partial charge in [0, 0.05) is 17.4 Å². The Morgan fingerprint density at radius 1 is 1.32 bits per heavy atom. The number of carbonyl (C=O) groups is 1. The van der Waals surface area contributed by atoms with Gasteiger partial charge in [0.05, 0.1) is 0 Å². The molecule has 102 valence electrons. The van der Waals surface area contributed by atoms with Gasteiger partial charge in [0.15, 0.2) is 0 Å². The van der Waals surface area contributed by atoms with Crippen molar-refractivity contribution in [3.63, 3.8) is 0 Å². The van der Waals surface area contributed by atoms with Crippen molar-refractivity contribution < 1.29 is 4.79 Å². The SMILES string of the molecule is CSc1ccc2c(c1)CCC1NC(=O)CC[C@]1(C)C2. The van der Waals surface area contributed by atoms with Crippen LogP contribution in [0.3, 0.4) is 0 Å². The highest BCUT2D eigenvalue weighted by molar-refractivity contribution is 7.98. The van der Waals surface area contributed by atoms with Crippen LogP contribution in [0.1, 0.15) is 37.3 Å². The summed E-state index contributed by atoms with van der Waals surface area (Å²) in [5.41, 5.74) is 3.20. The van der Waals surface area contributed by atoms with E-state index in [1.54, 1.807) is 11.8 Å². The van der Waals surface area contributed by atoms with Crippen molar-refractivity contribution in [1.82, 2.24) is 5.32 Å². The Kier molecular flexibility index (Phi) is 3.34. The van der Waals surface area contributed by atoms with E-state index in [-0.39, 0.29) is 11.3 Å². The number of amides is 1. The van der Waals surface area contributed by atoms with Gasteiger partial charge in [-0.2, -0.15) is 0 Å². The Morgan fingerprint density at radius 2 is 2.16 bits per heavy atom. The van der Waals surface area contributed by atoms with Crippen LogP contribution in [0.2, 0.25) is 0 Å². The summed E-state index contributed by atoms with van der Waals surface area (Å²) in [5.74, 6) is 0.234. The molecule has 19 heavy (non-hydrogen) atoms. The first-order valence-electron chi connectivity index (χ1n) is 7.06. The molecule has 0 bridgehead atoms. The zero-order valence-electron chi connectivity index (χ0n) is 11.7. The molecule has 0 aromatic heterocycles. The second kappa shape index (κ2) is 4.86. The third kappa shape index (κ3) is 2.40. The van der Waals surface area contributed by atoms with Crippen LogP contribution in [-0.2, 0) is 17.6 Å². The van der Waals surface area contributed by atoms with Gasteiger partial charge in [-0.3, -0.25) is 4.79 Å². The van der Waals surface area contributed by atoms with E-state index in [9.17, 15) is 4.79 Å². The lowest BCUT2D eigenvalue weighted by Crippen LogP contribution is -2.51. The average molecular weight is 275 g/mol. The number of thioether (sulfide) groups is 1. The second-order valence-electron chi connectivity index (χ2n) is 6.12. The molecule has 1 unspecified atom stereocenters. The van der Waals surface area contributed by atoms with Crippen LogP contribution >= 0.6 is 11.8 Å². The normalized spacial score (nSPS) is 30.0. The summed E-state index contributed by atoms with van der Waals surface area (Å²) in [7, 11) is 0. The molecule has 3 rings (SSSR count). The molecule has 3 heteroatoms. The zero-order chi connectivity index (χ0) is 13.5. The summed E-state index contributed by atoms with van der Waals surface area (Å²) >= 11 is 1.80. The number of nitrogens with one attached hydrogen (secondary N) is 1. The fraction of sp³-hybridized carbons (Fsp3) is 0.562. The van der Waals surface area contributed by atoms with Crippen molar-refractivity contribution in [3.8, 4) is 0 Å². The second-order valence-corrected chi connectivity index (χ2v) is 7.00. The number of fused-ring (bicyclic) bond motifs is 2. The fourth-order valence-corrected chi connectivity index (χ4v) is 3.98. The van der Waals surface area contributed by atoms with Gasteiger partial charge < -0.3 is 5.32 Å². The average Bonchev–Trinajstić information content (AvgIpc) is 2.55. The van der Waals surface area contributed by atoms with E-state index >= 15 is 0 Å². The van der Waals surface area contributed by atoms with Crippen molar-refractivity contribution in [3.05, 3.63) is 29.3 Å². The third-order valence-corrected chi connectivity index (χ3v) is 5.54. The van der Waals surface area contributed by atoms with Gasteiger partial charge >= 0.3 is 0 Å². The topological polar surface area (TPSA) is 29.1 Å². The lowest BCUT2D eigenvalue weighted by molar-refractivity contribution is -0.126. The van der Waals surface area contributed by atoms with Gasteiger partial charge in [-0.15, -0.1) is 11.8 Å². The van der Waals surface area contributed by atoms with E-state index in [1.807, 2.05) is 0 Å². The molecule has 2 nitrogen and oxygen atoms in total. The predicted octanol–water partition coefficient (Wildman–Crippen LogP) is 3.18. The molecule has 0 spiro atoms. The molecule has 1 heterocycles. The van der Waals surface area contributed by atoms with Crippen LogP contribution in [-0.4, -0.2) is 18.2 Å². The van der Waals surface area contributed by atoms with Crippen molar-refractivity contribution in [2.45, 2.75) is 50.0 Å². The van der Waals surface area contributed by atoms with E-state index in [2.05, 4.69) is 36.7 Å². The van der Waals surface area contributed by atoms with Crippen LogP contribution < -0.4 is 5.32 Å². The molecule has 1 N–H and O–H groups in total. The summed E-state index contributed by atoms with van der Waals surface area (Å²) in [6.07, 6.45) is 7.09. The van der Waals surface area contributed by atoms with Crippen LogP contribution in [0.4, 0.5) is 0 Å². The fourth-order valence-electron chi connectivity index (χ4n) is 3.52. The van der Waals surface area contributed by atoms with Crippen molar-refractivity contribution in [1.29, 1.82) is 0 Å². The first kappa shape index (κ1) is 13.0. The Labute approximate surface area is 119 Å². The molecular weight excluding hydrogens is 254 g/mol. The maximum absolute atomic E-state index is 11.6. The number of piperidine rings is 1. The predicted molar refractivity (Wildman–Crippen MR) is 79.5 cm³/mol. The van der Waals surface area contributed by atoms with Crippen molar-refractivity contribution in [2.24, 2.45) is 5.41 Å². The summed E-state index contributed by atoms with van der Waals surface area (Å²) in [6, 6.07) is 7.21. The smallest absolute Gasteiger partial charge is 0.220 e. The van der Waals surface area contributed by atoms with Gasteiger partial charge in [0.1, 0.15) is 0 Å². The zero-order valence-corrected chi connectivity index (χ0v) is 12.5. The summed E-state index contributed by atoms with van der Waals surface area (Å²) in [4.78, 5) is 13.0. The van der Waals surface area contributed by atoms with Crippen LogP contribution in [0, 0.1) is 5.41 Å². The number of aryl methyl sites for hydroxylation is 1. The molecule has 0 saturated carbocycles. The monoisotopic (exact) mass is 275 g/mol. The summed E-state index contributed by atoms with van der Waals surface area (Å²) < 4.78 is 0. The Bertz CT molecular complexity index is 513. The van der Waals surface area contributed by atoms with E-state index in [4.69, 9.17) is 0 Å². The Balaban J connectivity index is 1.93. The quantitative estimate of drug-likeness (QED) is 0.798. The minimum atomic E-state index is 0.234. The molecule has 0 radical (unpaired) electrons. The van der Waals surface area contributed by atoms with Gasteiger partial charge in [0.25, 0.3) is 0 Å². The van der Waals surface area contributed by atoms with E-state index < -0.39 is 0 Å². The van der Waals surface area contributed by atoms with Gasteiger partial charge in [-0.1, -0.05) is 13.0 Å². The third-order valence-electron chi connectivity index (χ3n) is 4.81. The summed E-state index contributed by atoms with van der Waals surface area (Å²) in [5, 5.41) is 3.22. The van der Waals surface area contributed by atoms with Crippen LogP contribution in [0.15, 0.2) is 23.1 Å².